The molecule has 1 unspecified atom stereocenters. The van der Waals surface area contributed by atoms with Gasteiger partial charge in [-0.1, -0.05) is 6.07 Å². The molecule has 2 N–H and O–H groups in total. The van der Waals surface area contributed by atoms with Crippen molar-refractivity contribution in [3.63, 3.8) is 0 Å². The summed E-state index contributed by atoms with van der Waals surface area (Å²) in [5.74, 6) is 0.819. The summed E-state index contributed by atoms with van der Waals surface area (Å²) in [6, 6.07) is 6.60. The van der Waals surface area contributed by atoms with E-state index in [1.54, 1.807) is 22.7 Å². The minimum absolute atomic E-state index is 0.0124. The van der Waals surface area contributed by atoms with Crippen molar-refractivity contribution < 1.29 is 24.2 Å². The molecule has 33 heavy (non-hydrogen) atoms. The van der Waals surface area contributed by atoms with Gasteiger partial charge in [-0.2, -0.15) is 0 Å². The van der Waals surface area contributed by atoms with E-state index in [1.165, 1.54) is 19.3 Å². The number of nitrogens with zero attached hydrogens (tertiary/aromatic N) is 1. The van der Waals surface area contributed by atoms with E-state index in [1.807, 2.05) is 24.5 Å². The number of hydrogen-bond acceptors (Lipinski definition) is 6. The van der Waals surface area contributed by atoms with Crippen LogP contribution in [0, 0.1) is 23.2 Å². The third kappa shape index (κ3) is 4.52. The molecule has 1 saturated heterocycles. The molecule has 1 aromatic rings. The first-order valence-electron chi connectivity index (χ1n) is 11.9. The van der Waals surface area contributed by atoms with Crippen LogP contribution in [-0.4, -0.2) is 59.3 Å². The van der Waals surface area contributed by atoms with Crippen LogP contribution in [0.1, 0.15) is 44.9 Å². The first-order chi connectivity index (χ1) is 15.8. The van der Waals surface area contributed by atoms with E-state index in [0.717, 1.165) is 24.2 Å². The Balaban J connectivity index is 1.21. The number of carbonyl (C=O) groups excluding carboxylic acids is 3. The van der Waals surface area contributed by atoms with E-state index in [-0.39, 0.29) is 24.3 Å². The summed E-state index contributed by atoms with van der Waals surface area (Å²) < 4.78 is 5.30. The largest absolute Gasteiger partial charge is 0.454 e. The highest BCUT2D eigenvalue weighted by Gasteiger charge is 2.57. The molecule has 178 valence electrons. The van der Waals surface area contributed by atoms with Crippen LogP contribution in [0.5, 0.6) is 0 Å². The van der Waals surface area contributed by atoms with Crippen molar-refractivity contribution in [1.82, 2.24) is 4.90 Å². The Morgan fingerprint density at radius 2 is 1.79 bits per heavy atom. The van der Waals surface area contributed by atoms with Crippen molar-refractivity contribution in [3.8, 4) is 0 Å². The number of hydrogen-bond donors (Lipinski definition) is 2. The number of carbonyl (C=O) groups is 3. The quantitative estimate of drug-likeness (QED) is 0.488. The highest BCUT2D eigenvalue weighted by atomic mass is 32.2. The third-order valence-corrected chi connectivity index (χ3v) is 8.73. The number of rotatable bonds is 6. The van der Waals surface area contributed by atoms with Gasteiger partial charge in [0.05, 0.1) is 11.5 Å². The zero-order valence-corrected chi connectivity index (χ0v) is 19.8. The van der Waals surface area contributed by atoms with E-state index >= 15 is 0 Å². The van der Waals surface area contributed by atoms with Crippen LogP contribution in [0.25, 0.3) is 0 Å². The van der Waals surface area contributed by atoms with E-state index < -0.39 is 30.6 Å². The number of nitrogens with one attached hydrogen (secondary N) is 1. The van der Waals surface area contributed by atoms with E-state index in [4.69, 9.17) is 4.74 Å². The van der Waals surface area contributed by atoms with Crippen LogP contribution in [0.2, 0.25) is 0 Å². The van der Waals surface area contributed by atoms with Crippen LogP contribution in [0.3, 0.4) is 0 Å². The van der Waals surface area contributed by atoms with Crippen molar-refractivity contribution in [2.45, 2.75) is 62.0 Å². The van der Waals surface area contributed by atoms with Gasteiger partial charge in [-0.15, -0.1) is 11.8 Å². The zero-order chi connectivity index (χ0) is 23.2. The van der Waals surface area contributed by atoms with Gasteiger partial charge in [-0.3, -0.25) is 9.59 Å². The molecule has 0 radical (unpaired) electrons. The van der Waals surface area contributed by atoms with Gasteiger partial charge in [-0.05, 0) is 80.7 Å². The van der Waals surface area contributed by atoms with Crippen molar-refractivity contribution in [3.05, 3.63) is 24.3 Å². The van der Waals surface area contributed by atoms with Gasteiger partial charge in [0.1, 0.15) is 6.04 Å². The maximum absolute atomic E-state index is 13.7. The second kappa shape index (κ2) is 8.95. The molecule has 2 amide bonds. The molecule has 8 heteroatoms. The predicted molar refractivity (Wildman–Crippen MR) is 125 cm³/mol. The molecule has 5 fully saturated rings. The van der Waals surface area contributed by atoms with E-state index in [0.29, 0.717) is 23.4 Å². The molecule has 0 spiro atoms. The number of amides is 2. The fourth-order valence-electron chi connectivity index (χ4n) is 7.07. The monoisotopic (exact) mass is 472 g/mol. The summed E-state index contributed by atoms with van der Waals surface area (Å²) in [6.07, 6.45) is 7.78. The van der Waals surface area contributed by atoms with Gasteiger partial charge in [0, 0.05) is 23.5 Å². The molecule has 2 atom stereocenters. The predicted octanol–water partition coefficient (Wildman–Crippen LogP) is 3.07. The Morgan fingerprint density at radius 1 is 1.12 bits per heavy atom. The fraction of sp³-hybridized carbons (Fsp3) is 0.640. The number of esters is 1. The van der Waals surface area contributed by atoms with Gasteiger partial charge in [0.15, 0.2) is 6.61 Å². The number of ether oxygens (including phenoxy) is 1. The summed E-state index contributed by atoms with van der Waals surface area (Å²) in [4.78, 5) is 41.5. The van der Waals surface area contributed by atoms with Gasteiger partial charge in [0.25, 0.3) is 5.91 Å². The third-order valence-electron chi connectivity index (χ3n) is 8.00. The molecule has 4 aliphatic carbocycles. The lowest BCUT2D eigenvalue weighted by molar-refractivity contribution is -0.166. The molecular weight excluding hydrogens is 440 g/mol. The molecule has 4 bridgehead atoms. The van der Waals surface area contributed by atoms with Gasteiger partial charge in [0.2, 0.25) is 5.91 Å². The van der Waals surface area contributed by atoms with Crippen molar-refractivity contribution in [2.75, 3.05) is 24.7 Å². The summed E-state index contributed by atoms with van der Waals surface area (Å²) in [5, 5.41) is 13.0. The molecule has 1 heterocycles. The molecule has 0 aromatic heterocycles. The highest BCUT2D eigenvalue weighted by molar-refractivity contribution is 7.98. The first kappa shape index (κ1) is 22.7. The lowest BCUT2D eigenvalue weighted by Gasteiger charge is -2.56. The molecule has 1 aliphatic heterocycles. The second-order valence-electron chi connectivity index (χ2n) is 10.4. The Labute approximate surface area is 198 Å². The number of benzene rings is 1. The van der Waals surface area contributed by atoms with Gasteiger partial charge < -0.3 is 20.1 Å². The average Bonchev–Trinajstić information content (AvgIpc) is 3.17. The average molecular weight is 473 g/mol. The number of aliphatic hydroxyl groups excluding tert-OH is 1. The van der Waals surface area contributed by atoms with Crippen LogP contribution < -0.4 is 5.32 Å². The van der Waals surface area contributed by atoms with Crippen LogP contribution in [0.4, 0.5) is 5.69 Å². The van der Waals surface area contributed by atoms with Crippen LogP contribution in [-0.2, 0) is 19.1 Å². The van der Waals surface area contributed by atoms with E-state index in [9.17, 15) is 19.5 Å². The first-order valence-corrected chi connectivity index (χ1v) is 13.2. The van der Waals surface area contributed by atoms with Crippen molar-refractivity contribution in [1.29, 1.82) is 0 Å². The normalized spacial score (nSPS) is 34.4. The standard InChI is InChI=1S/C25H32N2O5S/c1-33-20-4-2-3-18(8-20)26-22(29)14-32-23(30)21-9-19(28)13-27(21)24(31)25-10-15-5-16(11-25)7-17(6-15)12-25/h2-4,8,15-17,19,21,28H,5-7,9-14H2,1H3,(H,26,29)/t15?,16?,17?,19?,21-,25?/m0/s1. The Morgan fingerprint density at radius 3 is 2.42 bits per heavy atom. The zero-order valence-electron chi connectivity index (χ0n) is 19.0. The van der Waals surface area contributed by atoms with E-state index in [2.05, 4.69) is 5.32 Å². The Kier molecular flexibility index (Phi) is 6.16. The fourth-order valence-corrected chi connectivity index (χ4v) is 7.53. The lowest BCUT2D eigenvalue weighted by Crippen LogP contribution is -2.56. The molecule has 1 aromatic carbocycles. The summed E-state index contributed by atoms with van der Waals surface area (Å²) in [6.45, 7) is -0.262. The number of thioether (sulfide) groups is 1. The summed E-state index contributed by atoms with van der Waals surface area (Å²) in [7, 11) is 0. The number of anilines is 1. The molecule has 5 aliphatic rings. The minimum Gasteiger partial charge on any atom is -0.454 e. The van der Waals surface area contributed by atoms with Gasteiger partial charge >= 0.3 is 5.97 Å². The minimum atomic E-state index is -0.826. The molecule has 4 saturated carbocycles. The summed E-state index contributed by atoms with van der Waals surface area (Å²) in [5.41, 5.74) is 0.259. The number of β-amino-alcohol motifs (C(OH)–C–C–N with tert-alkyl or cyclic N) is 1. The van der Waals surface area contributed by atoms with Crippen molar-refractivity contribution >= 4 is 35.2 Å². The van der Waals surface area contributed by atoms with Crippen LogP contribution >= 0.6 is 11.8 Å². The molecule has 7 nitrogen and oxygen atoms in total. The second-order valence-corrected chi connectivity index (χ2v) is 11.3. The van der Waals surface area contributed by atoms with Gasteiger partial charge in [-0.25, -0.2) is 4.79 Å². The highest BCUT2D eigenvalue weighted by Crippen LogP contribution is 2.60. The topological polar surface area (TPSA) is 95.9 Å². The maximum atomic E-state index is 13.7. The Hall–Kier alpha value is -2.06. The SMILES string of the molecule is CSc1cccc(NC(=O)COC(=O)[C@@H]2CC(O)CN2C(=O)C23CC4CC(CC(C4)C2)C3)c1. The summed E-state index contributed by atoms with van der Waals surface area (Å²) >= 11 is 1.57. The molecule has 6 rings (SSSR count). The maximum Gasteiger partial charge on any atom is 0.329 e. The number of likely N-dealkylation sites (tertiary alicyclic amines) is 1. The molecular formula is C25H32N2O5S. The Bertz CT molecular complexity index is 915. The van der Waals surface area contributed by atoms with Crippen molar-refractivity contribution in [2.24, 2.45) is 23.2 Å². The number of aliphatic hydroxyl groups is 1. The smallest absolute Gasteiger partial charge is 0.329 e. The van der Waals surface area contributed by atoms with Crippen LogP contribution in [0.15, 0.2) is 29.2 Å². The lowest BCUT2D eigenvalue weighted by atomic mass is 9.49.